The van der Waals surface area contributed by atoms with Crippen LogP contribution in [0.15, 0.2) is 0 Å². The molecule has 0 aromatic rings. The van der Waals surface area contributed by atoms with Crippen molar-refractivity contribution in [3.05, 3.63) is 0 Å². The number of hydrogen-bond donors (Lipinski definition) is 2. The first kappa shape index (κ1) is 21.5. The topological polar surface area (TPSA) is 97.0 Å². The standard InChI is InChI=1S/C17H27F2N3O5/c1-20-13(23)2-3-15(25)22-11-17(4-6-26-7-5-17)8-12(22)9-21-14(24)10-27-16(18)19/h12,16H,2-11H2,1H3,(H,20,23)(H,21,24). The molecule has 0 bridgehead atoms. The molecule has 2 saturated heterocycles. The lowest BCUT2D eigenvalue weighted by Gasteiger charge is -2.33. The Morgan fingerprint density at radius 2 is 1.93 bits per heavy atom. The lowest BCUT2D eigenvalue weighted by molar-refractivity contribution is -0.152. The summed E-state index contributed by atoms with van der Waals surface area (Å²) in [7, 11) is 1.51. The molecule has 0 aromatic heterocycles. The summed E-state index contributed by atoms with van der Waals surface area (Å²) in [6, 6.07) is -0.240. The maximum absolute atomic E-state index is 12.6. The molecule has 2 fully saturated rings. The van der Waals surface area contributed by atoms with Crippen molar-refractivity contribution in [2.45, 2.75) is 44.8 Å². The fourth-order valence-corrected chi connectivity index (χ4v) is 3.72. The highest BCUT2D eigenvalue weighted by atomic mass is 19.3. The van der Waals surface area contributed by atoms with E-state index in [1.165, 1.54) is 7.05 Å². The maximum Gasteiger partial charge on any atom is 0.345 e. The number of amides is 3. The van der Waals surface area contributed by atoms with Crippen molar-refractivity contribution in [2.24, 2.45) is 5.41 Å². The molecule has 1 spiro atoms. The van der Waals surface area contributed by atoms with Gasteiger partial charge < -0.3 is 25.0 Å². The number of halogens is 2. The number of nitrogens with one attached hydrogen (secondary N) is 2. The maximum atomic E-state index is 12.6. The third-order valence-corrected chi connectivity index (χ3v) is 5.21. The van der Waals surface area contributed by atoms with Gasteiger partial charge in [-0.1, -0.05) is 0 Å². The summed E-state index contributed by atoms with van der Waals surface area (Å²) < 4.78 is 33.5. The number of rotatable bonds is 8. The molecule has 1 unspecified atom stereocenters. The van der Waals surface area contributed by atoms with Crippen molar-refractivity contribution >= 4 is 17.7 Å². The molecule has 154 valence electrons. The monoisotopic (exact) mass is 391 g/mol. The number of carbonyl (C=O) groups is 3. The van der Waals surface area contributed by atoms with E-state index in [0.717, 1.165) is 12.8 Å². The van der Waals surface area contributed by atoms with Crippen molar-refractivity contribution in [1.82, 2.24) is 15.5 Å². The van der Waals surface area contributed by atoms with Gasteiger partial charge in [0.15, 0.2) is 0 Å². The number of hydrogen-bond acceptors (Lipinski definition) is 5. The van der Waals surface area contributed by atoms with Crippen LogP contribution in [0.25, 0.3) is 0 Å². The third kappa shape index (κ3) is 6.39. The highest BCUT2D eigenvalue weighted by Crippen LogP contribution is 2.43. The number of carbonyl (C=O) groups excluding carboxylic acids is 3. The van der Waals surface area contributed by atoms with Crippen LogP contribution in [-0.4, -0.2) is 75.2 Å². The van der Waals surface area contributed by atoms with Gasteiger partial charge in [0.25, 0.3) is 0 Å². The van der Waals surface area contributed by atoms with Gasteiger partial charge in [-0.15, -0.1) is 0 Å². The van der Waals surface area contributed by atoms with Crippen LogP contribution < -0.4 is 10.6 Å². The Labute approximate surface area is 156 Å². The molecule has 10 heteroatoms. The Bertz CT molecular complexity index is 541. The van der Waals surface area contributed by atoms with Crippen molar-refractivity contribution in [2.75, 3.05) is 40.0 Å². The van der Waals surface area contributed by atoms with Gasteiger partial charge in [0.2, 0.25) is 17.7 Å². The molecule has 1 atom stereocenters. The molecule has 3 amide bonds. The normalized spacial score (nSPS) is 21.5. The van der Waals surface area contributed by atoms with Crippen LogP contribution in [0.1, 0.15) is 32.1 Å². The van der Waals surface area contributed by atoms with Gasteiger partial charge in [0.1, 0.15) is 6.61 Å². The van der Waals surface area contributed by atoms with E-state index in [2.05, 4.69) is 15.4 Å². The molecule has 2 heterocycles. The summed E-state index contributed by atoms with van der Waals surface area (Å²) >= 11 is 0. The molecule has 2 aliphatic rings. The van der Waals surface area contributed by atoms with Crippen molar-refractivity contribution in [3.63, 3.8) is 0 Å². The average Bonchev–Trinajstić information content (AvgIpc) is 3.00. The first-order chi connectivity index (χ1) is 12.8. The fraction of sp³-hybridized carbons (Fsp3) is 0.824. The highest BCUT2D eigenvalue weighted by Gasteiger charge is 2.46. The van der Waals surface area contributed by atoms with Crippen LogP contribution in [0.3, 0.4) is 0 Å². The van der Waals surface area contributed by atoms with Crippen molar-refractivity contribution in [3.8, 4) is 0 Å². The zero-order valence-electron chi connectivity index (χ0n) is 15.5. The molecular formula is C17H27F2N3O5. The molecule has 27 heavy (non-hydrogen) atoms. The first-order valence-electron chi connectivity index (χ1n) is 9.09. The molecule has 0 aliphatic carbocycles. The summed E-state index contributed by atoms with van der Waals surface area (Å²) in [5.74, 6) is -1.01. The van der Waals surface area contributed by atoms with Crippen molar-refractivity contribution < 1.29 is 32.6 Å². The van der Waals surface area contributed by atoms with Gasteiger partial charge in [-0.2, -0.15) is 8.78 Å². The largest absolute Gasteiger partial charge is 0.381 e. The summed E-state index contributed by atoms with van der Waals surface area (Å²) in [6.07, 6.45) is 2.54. The molecule has 0 radical (unpaired) electrons. The van der Waals surface area contributed by atoms with E-state index < -0.39 is 19.1 Å². The summed E-state index contributed by atoms with van der Waals surface area (Å²) in [5.41, 5.74) is -0.0597. The van der Waals surface area contributed by atoms with Crippen LogP contribution in [0.5, 0.6) is 0 Å². The Hall–Kier alpha value is -1.81. The van der Waals surface area contributed by atoms with E-state index in [0.29, 0.717) is 26.2 Å². The zero-order chi connectivity index (χ0) is 19.9. The number of ether oxygens (including phenoxy) is 2. The summed E-state index contributed by atoms with van der Waals surface area (Å²) in [6.45, 7) is -1.76. The van der Waals surface area contributed by atoms with E-state index >= 15 is 0 Å². The average molecular weight is 391 g/mol. The predicted molar refractivity (Wildman–Crippen MR) is 90.9 cm³/mol. The molecular weight excluding hydrogens is 364 g/mol. The van der Waals surface area contributed by atoms with Gasteiger partial charge in [0.05, 0.1) is 0 Å². The number of likely N-dealkylation sites (tertiary alicyclic amines) is 1. The second kappa shape index (κ2) is 9.93. The Morgan fingerprint density at radius 3 is 2.56 bits per heavy atom. The second-order valence-electron chi connectivity index (χ2n) is 7.04. The lowest BCUT2D eigenvalue weighted by atomic mass is 9.78. The minimum Gasteiger partial charge on any atom is -0.381 e. The highest BCUT2D eigenvalue weighted by molar-refractivity contribution is 5.84. The Morgan fingerprint density at radius 1 is 1.22 bits per heavy atom. The summed E-state index contributed by atoms with van der Waals surface area (Å²) in [5, 5.41) is 5.05. The Kier molecular flexibility index (Phi) is 7.91. The van der Waals surface area contributed by atoms with Crippen molar-refractivity contribution in [1.29, 1.82) is 0 Å². The minimum atomic E-state index is -3.00. The van der Waals surface area contributed by atoms with E-state index in [1.807, 2.05) is 0 Å². The minimum absolute atomic E-state index is 0.0597. The SMILES string of the molecule is CNC(=O)CCC(=O)N1CC2(CCOCC2)CC1CNC(=O)COC(F)F. The molecule has 2 aliphatic heterocycles. The van der Waals surface area contributed by atoms with Crippen LogP contribution in [0.4, 0.5) is 8.78 Å². The molecule has 0 aromatic carbocycles. The molecule has 2 N–H and O–H groups in total. The molecule has 0 saturated carbocycles. The lowest BCUT2D eigenvalue weighted by Crippen LogP contribution is -2.44. The zero-order valence-corrected chi connectivity index (χ0v) is 15.5. The van der Waals surface area contributed by atoms with Gasteiger partial charge in [-0.05, 0) is 24.7 Å². The van der Waals surface area contributed by atoms with Gasteiger partial charge >= 0.3 is 6.61 Å². The van der Waals surface area contributed by atoms with Gasteiger partial charge in [-0.25, -0.2) is 0 Å². The third-order valence-electron chi connectivity index (χ3n) is 5.21. The van der Waals surface area contributed by atoms with E-state index in [-0.39, 0.29) is 42.7 Å². The fourth-order valence-electron chi connectivity index (χ4n) is 3.72. The quantitative estimate of drug-likeness (QED) is 0.619. The smallest absolute Gasteiger partial charge is 0.345 e. The van der Waals surface area contributed by atoms with Gasteiger partial charge in [0, 0.05) is 52.2 Å². The van der Waals surface area contributed by atoms with E-state index in [1.54, 1.807) is 4.90 Å². The van der Waals surface area contributed by atoms with E-state index in [9.17, 15) is 23.2 Å². The van der Waals surface area contributed by atoms with Crippen LogP contribution in [0.2, 0.25) is 0 Å². The van der Waals surface area contributed by atoms with Crippen LogP contribution in [0, 0.1) is 5.41 Å². The predicted octanol–water partition coefficient (Wildman–Crippen LogP) is 0.266. The Balaban J connectivity index is 1.95. The summed E-state index contributed by atoms with van der Waals surface area (Å²) in [4.78, 5) is 37.4. The molecule has 8 nitrogen and oxygen atoms in total. The molecule has 2 rings (SSSR count). The van der Waals surface area contributed by atoms with Crippen LogP contribution in [-0.2, 0) is 23.9 Å². The number of alkyl halides is 2. The second-order valence-corrected chi connectivity index (χ2v) is 7.04. The first-order valence-corrected chi connectivity index (χ1v) is 9.09. The number of nitrogens with zero attached hydrogens (tertiary/aromatic N) is 1. The van der Waals surface area contributed by atoms with E-state index in [4.69, 9.17) is 4.74 Å². The van der Waals surface area contributed by atoms with Crippen LogP contribution >= 0.6 is 0 Å². The van der Waals surface area contributed by atoms with Gasteiger partial charge in [-0.3, -0.25) is 14.4 Å².